The number of hydrogen-bond donors (Lipinski definition) is 1. The van der Waals surface area contributed by atoms with Gasteiger partial charge in [0.15, 0.2) is 6.61 Å². The Kier molecular flexibility index (Phi) is 5.76. The lowest BCUT2D eigenvalue weighted by Gasteiger charge is -2.16. The van der Waals surface area contributed by atoms with Gasteiger partial charge in [-0.25, -0.2) is 0 Å². The van der Waals surface area contributed by atoms with Crippen molar-refractivity contribution in [3.63, 3.8) is 0 Å². The first-order chi connectivity index (χ1) is 12.9. The summed E-state index contributed by atoms with van der Waals surface area (Å²) in [5.74, 6) is -1.78. The van der Waals surface area contributed by atoms with Crippen molar-refractivity contribution < 1.29 is 19.1 Å². The molecule has 1 heterocycles. The molecule has 1 aliphatic rings. The fraction of sp³-hybridized carbons (Fsp3) is 0.250. The van der Waals surface area contributed by atoms with Gasteiger partial charge in [-0.05, 0) is 37.3 Å². The highest BCUT2D eigenvalue weighted by Gasteiger charge is 2.36. The van der Waals surface area contributed by atoms with E-state index in [0.717, 1.165) is 5.56 Å². The smallest absolute Gasteiger partial charge is 0.311 e. The van der Waals surface area contributed by atoms with Crippen LogP contribution < -0.4 is 10.2 Å². The second-order valence-corrected chi connectivity index (χ2v) is 6.84. The van der Waals surface area contributed by atoms with Crippen molar-refractivity contribution in [3.8, 4) is 0 Å². The van der Waals surface area contributed by atoms with Crippen molar-refractivity contribution >= 4 is 40.8 Å². The Morgan fingerprint density at radius 1 is 1.22 bits per heavy atom. The molecule has 1 N–H and O–H groups in total. The largest absolute Gasteiger partial charge is 0.455 e. The monoisotopic (exact) mass is 386 g/mol. The van der Waals surface area contributed by atoms with E-state index in [1.165, 1.54) is 4.90 Å². The quantitative estimate of drug-likeness (QED) is 0.801. The second kappa shape index (κ2) is 8.22. The predicted octanol–water partition coefficient (Wildman–Crippen LogP) is 3.18. The first-order valence-electron chi connectivity index (χ1n) is 8.51. The minimum atomic E-state index is -0.608. The van der Waals surface area contributed by atoms with E-state index < -0.39 is 24.4 Å². The van der Waals surface area contributed by atoms with Crippen LogP contribution in [0.5, 0.6) is 0 Å². The molecule has 0 spiro atoms. The van der Waals surface area contributed by atoms with Gasteiger partial charge in [0.05, 0.1) is 5.92 Å². The first kappa shape index (κ1) is 18.9. The van der Waals surface area contributed by atoms with Gasteiger partial charge in [0.25, 0.3) is 5.91 Å². The lowest BCUT2D eigenvalue weighted by molar-refractivity contribution is -0.151. The summed E-state index contributed by atoms with van der Waals surface area (Å²) in [4.78, 5) is 37.9. The van der Waals surface area contributed by atoms with Crippen LogP contribution in [0.4, 0.5) is 11.4 Å². The Hall–Kier alpha value is -2.86. The zero-order chi connectivity index (χ0) is 19.4. The van der Waals surface area contributed by atoms with E-state index in [4.69, 9.17) is 16.3 Å². The van der Waals surface area contributed by atoms with Crippen molar-refractivity contribution in [3.05, 3.63) is 59.1 Å². The van der Waals surface area contributed by atoms with E-state index in [0.29, 0.717) is 16.4 Å². The summed E-state index contributed by atoms with van der Waals surface area (Å²) in [6.45, 7) is 1.76. The Morgan fingerprint density at radius 3 is 2.67 bits per heavy atom. The normalized spacial score (nSPS) is 16.3. The van der Waals surface area contributed by atoms with E-state index >= 15 is 0 Å². The third-order valence-corrected chi connectivity index (χ3v) is 4.49. The number of halogens is 1. The van der Waals surface area contributed by atoms with Gasteiger partial charge >= 0.3 is 5.97 Å². The standard InChI is InChI=1S/C20H19ClN2O4/c1-13-5-7-16(8-6-13)22-18(24)12-27-20(26)14-9-19(25)23(11-14)17-4-2-3-15(21)10-17/h2-8,10,14H,9,11-12H2,1H3,(H,22,24)/t14-/m0/s1. The molecule has 0 aromatic heterocycles. The highest BCUT2D eigenvalue weighted by molar-refractivity contribution is 6.31. The van der Waals surface area contributed by atoms with Crippen LogP contribution in [0.15, 0.2) is 48.5 Å². The molecule has 0 aliphatic carbocycles. The molecule has 1 aliphatic heterocycles. The van der Waals surface area contributed by atoms with Gasteiger partial charge < -0.3 is 15.0 Å². The number of hydrogen-bond acceptors (Lipinski definition) is 4. The summed E-state index contributed by atoms with van der Waals surface area (Å²) in [6.07, 6.45) is 0.0466. The Bertz CT molecular complexity index is 867. The van der Waals surface area contributed by atoms with Crippen LogP contribution >= 0.6 is 11.6 Å². The van der Waals surface area contributed by atoms with Crippen LogP contribution in [-0.4, -0.2) is 30.9 Å². The van der Waals surface area contributed by atoms with E-state index in [-0.39, 0.29) is 18.9 Å². The summed E-state index contributed by atoms with van der Waals surface area (Å²) >= 11 is 5.96. The zero-order valence-corrected chi connectivity index (χ0v) is 15.5. The Labute approximate surface area is 162 Å². The number of aryl methyl sites for hydroxylation is 1. The number of amides is 2. The average Bonchev–Trinajstić information content (AvgIpc) is 3.03. The number of anilines is 2. The molecule has 3 rings (SSSR count). The number of benzene rings is 2. The van der Waals surface area contributed by atoms with Gasteiger partial charge in [0.2, 0.25) is 5.91 Å². The highest BCUT2D eigenvalue weighted by atomic mass is 35.5. The fourth-order valence-corrected chi connectivity index (χ4v) is 3.03. The predicted molar refractivity (Wildman–Crippen MR) is 103 cm³/mol. The van der Waals surface area contributed by atoms with Crippen LogP contribution in [0.3, 0.4) is 0 Å². The molecular formula is C20H19ClN2O4. The van der Waals surface area contributed by atoms with Crippen molar-refractivity contribution in [2.75, 3.05) is 23.4 Å². The Morgan fingerprint density at radius 2 is 1.96 bits per heavy atom. The number of carbonyl (C=O) groups excluding carboxylic acids is 3. The molecule has 7 heteroatoms. The molecule has 1 saturated heterocycles. The van der Waals surface area contributed by atoms with Gasteiger partial charge in [-0.15, -0.1) is 0 Å². The first-order valence-corrected chi connectivity index (χ1v) is 8.89. The van der Waals surface area contributed by atoms with Gasteiger partial charge in [-0.3, -0.25) is 14.4 Å². The van der Waals surface area contributed by atoms with E-state index in [9.17, 15) is 14.4 Å². The molecule has 2 amide bonds. The van der Waals surface area contributed by atoms with Crippen molar-refractivity contribution in [1.82, 2.24) is 0 Å². The average molecular weight is 387 g/mol. The molecule has 6 nitrogen and oxygen atoms in total. The number of carbonyl (C=O) groups is 3. The third-order valence-electron chi connectivity index (χ3n) is 4.26. The molecule has 0 radical (unpaired) electrons. The number of rotatable bonds is 5. The molecule has 1 atom stereocenters. The summed E-state index contributed by atoms with van der Waals surface area (Å²) in [7, 11) is 0. The molecule has 27 heavy (non-hydrogen) atoms. The number of nitrogens with one attached hydrogen (secondary N) is 1. The maximum Gasteiger partial charge on any atom is 0.311 e. The fourth-order valence-electron chi connectivity index (χ4n) is 2.85. The number of nitrogens with zero attached hydrogens (tertiary/aromatic N) is 1. The van der Waals surface area contributed by atoms with Gasteiger partial charge in [0, 0.05) is 29.4 Å². The van der Waals surface area contributed by atoms with Crippen LogP contribution in [0.1, 0.15) is 12.0 Å². The summed E-state index contributed by atoms with van der Waals surface area (Å²) in [5.41, 5.74) is 2.35. The SMILES string of the molecule is Cc1ccc(NC(=O)COC(=O)[C@H]2CC(=O)N(c3cccc(Cl)c3)C2)cc1. The summed E-state index contributed by atoms with van der Waals surface area (Å²) in [6, 6.07) is 14.2. The molecular weight excluding hydrogens is 368 g/mol. The summed E-state index contributed by atoms with van der Waals surface area (Å²) in [5, 5.41) is 3.17. The molecule has 0 unspecified atom stereocenters. The molecule has 1 fully saturated rings. The molecule has 2 aromatic carbocycles. The third kappa shape index (κ3) is 4.86. The van der Waals surface area contributed by atoms with Gasteiger partial charge in [0.1, 0.15) is 0 Å². The zero-order valence-electron chi connectivity index (χ0n) is 14.8. The van der Waals surface area contributed by atoms with Gasteiger partial charge in [-0.1, -0.05) is 35.4 Å². The van der Waals surface area contributed by atoms with Crippen LogP contribution in [-0.2, 0) is 19.1 Å². The lowest BCUT2D eigenvalue weighted by atomic mass is 10.1. The van der Waals surface area contributed by atoms with Crippen LogP contribution in [0, 0.1) is 12.8 Å². The number of ether oxygens (including phenoxy) is 1. The molecule has 0 saturated carbocycles. The van der Waals surface area contributed by atoms with Crippen LogP contribution in [0.25, 0.3) is 0 Å². The molecule has 0 bridgehead atoms. The van der Waals surface area contributed by atoms with E-state index in [1.807, 2.05) is 19.1 Å². The van der Waals surface area contributed by atoms with E-state index in [2.05, 4.69) is 5.32 Å². The van der Waals surface area contributed by atoms with Crippen molar-refractivity contribution in [2.24, 2.45) is 5.92 Å². The van der Waals surface area contributed by atoms with E-state index in [1.54, 1.807) is 36.4 Å². The van der Waals surface area contributed by atoms with Crippen LogP contribution in [0.2, 0.25) is 5.02 Å². The lowest BCUT2D eigenvalue weighted by Crippen LogP contribution is -2.28. The second-order valence-electron chi connectivity index (χ2n) is 6.41. The van der Waals surface area contributed by atoms with Crippen molar-refractivity contribution in [1.29, 1.82) is 0 Å². The highest BCUT2D eigenvalue weighted by Crippen LogP contribution is 2.27. The van der Waals surface area contributed by atoms with Gasteiger partial charge in [-0.2, -0.15) is 0 Å². The Balaban J connectivity index is 1.52. The summed E-state index contributed by atoms with van der Waals surface area (Å²) < 4.78 is 5.08. The minimum absolute atomic E-state index is 0.0466. The molecule has 140 valence electrons. The maximum atomic E-state index is 12.2. The topological polar surface area (TPSA) is 75.7 Å². The maximum absolute atomic E-state index is 12.2. The molecule has 2 aromatic rings. The number of esters is 1. The van der Waals surface area contributed by atoms with Crippen molar-refractivity contribution in [2.45, 2.75) is 13.3 Å². The minimum Gasteiger partial charge on any atom is -0.455 e.